The van der Waals surface area contributed by atoms with Gasteiger partial charge >= 0.3 is 0 Å². The normalized spacial score (nSPS) is 53.6. The Hall–Kier alpha value is -0.0400. The average Bonchev–Trinajstić information content (AvgIpc) is 2.94. The first-order chi connectivity index (χ1) is 11.9. The van der Waals surface area contributed by atoms with Crippen molar-refractivity contribution >= 4 is 0 Å². The summed E-state index contributed by atoms with van der Waals surface area (Å²) in [6, 6.07) is 0. The summed E-state index contributed by atoms with van der Waals surface area (Å²) >= 11 is 0. The quantitative estimate of drug-likeness (QED) is 0.623. The Morgan fingerprint density at radius 2 is 1.80 bits per heavy atom. The van der Waals surface area contributed by atoms with Crippen LogP contribution in [0.1, 0.15) is 98.3 Å². The van der Waals surface area contributed by atoms with Gasteiger partial charge in [-0.1, -0.05) is 53.4 Å². The molecule has 0 aromatic carbocycles. The Morgan fingerprint density at radius 1 is 1.00 bits per heavy atom. The van der Waals surface area contributed by atoms with E-state index in [9.17, 15) is 5.11 Å². The summed E-state index contributed by atoms with van der Waals surface area (Å²) in [6.07, 6.45) is 15.2. The van der Waals surface area contributed by atoms with E-state index in [1.54, 1.807) is 0 Å². The van der Waals surface area contributed by atoms with Crippen molar-refractivity contribution in [3.8, 4) is 0 Å². The zero-order valence-electron chi connectivity index (χ0n) is 17.3. The Morgan fingerprint density at radius 3 is 2.56 bits per heavy atom. The maximum absolute atomic E-state index is 11.5. The molecule has 1 heteroatoms. The van der Waals surface area contributed by atoms with Gasteiger partial charge in [0.05, 0.1) is 6.10 Å². The van der Waals surface area contributed by atoms with Gasteiger partial charge in [-0.2, -0.15) is 0 Å². The monoisotopic (exact) mass is 346 g/mol. The van der Waals surface area contributed by atoms with E-state index in [4.69, 9.17) is 0 Å². The van der Waals surface area contributed by atoms with Gasteiger partial charge in [-0.3, -0.25) is 0 Å². The summed E-state index contributed by atoms with van der Waals surface area (Å²) < 4.78 is 0. The van der Waals surface area contributed by atoms with Crippen LogP contribution in [0.15, 0.2) is 0 Å². The van der Waals surface area contributed by atoms with Crippen molar-refractivity contribution < 1.29 is 5.11 Å². The third kappa shape index (κ3) is 2.58. The van der Waals surface area contributed by atoms with E-state index in [1.807, 2.05) is 0 Å². The number of rotatable bonds is 3. The van der Waals surface area contributed by atoms with Crippen LogP contribution in [-0.2, 0) is 0 Å². The van der Waals surface area contributed by atoms with Gasteiger partial charge in [0.1, 0.15) is 0 Å². The first kappa shape index (κ1) is 18.3. The minimum atomic E-state index is -0.0527. The largest absolute Gasteiger partial charge is 0.393 e. The second-order valence-electron chi connectivity index (χ2n) is 11.0. The van der Waals surface area contributed by atoms with Crippen LogP contribution in [0.25, 0.3) is 0 Å². The molecule has 0 bridgehead atoms. The van der Waals surface area contributed by atoms with Gasteiger partial charge in [0, 0.05) is 0 Å². The molecule has 4 saturated carbocycles. The minimum absolute atomic E-state index is 0.0527. The molecule has 7 unspecified atom stereocenters. The van der Waals surface area contributed by atoms with Gasteiger partial charge in [0.15, 0.2) is 0 Å². The van der Waals surface area contributed by atoms with Gasteiger partial charge < -0.3 is 5.11 Å². The van der Waals surface area contributed by atoms with Gasteiger partial charge in [-0.25, -0.2) is 0 Å². The second kappa shape index (κ2) is 6.54. The Balaban J connectivity index is 1.62. The summed E-state index contributed by atoms with van der Waals surface area (Å²) in [4.78, 5) is 0. The topological polar surface area (TPSA) is 20.2 Å². The third-order valence-corrected chi connectivity index (χ3v) is 10.2. The lowest BCUT2D eigenvalue weighted by molar-refractivity contribution is -0.168. The summed E-state index contributed by atoms with van der Waals surface area (Å²) in [5.74, 6) is 5.00. The van der Waals surface area contributed by atoms with Crippen LogP contribution in [0, 0.1) is 46.3 Å². The van der Waals surface area contributed by atoms with E-state index < -0.39 is 0 Å². The maximum atomic E-state index is 11.5. The van der Waals surface area contributed by atoms with E-state index in [-0.39, 0.29) is 11.5 Å². The van der Waals surface area contributed by atoms with Crippen LogP contribution in [0.4, 0.5) is 0 Å². The minimum Gasteiger partial charge on any atom is -0.393 e. The van der Waals surface area contributed by atoms with Crippen LogP contribution in [0.2, 0.25) is 0 Å². The van der Waals surface area contributed by atoms with Crippen LogP contribution < -0.4 is 0 Å². The molecule has 0 amide bonds. The van der Waals surface area contributed by atoms with E-state index >= 15 is 0 Å². The van der Waals surface area contributed by atoms with Crippen molar-refractivity contribution in [2.45, 2.75) is 104 Å². The predicted octanol–water partition coefficient (Wildman–Crippen LogP) is 6.44. The molecule has 144 valence electrons. The van der Waals surface area contributed by atoms with Crippen LogP contribution >= 0.6 is 0 Å². The molecule has 0 heterocycles. The Bertz CT molecular complexity index is 486. The molecular formula is C24H42O. The number of hydrogen-bond acceptors (Lipinski definition) is 1. The van der Waals surface area contributed by atoms with Crippen molar-refractivity contribution in [1.82, 2.24) is 0 Å². The van der Waals surface area contributed by atoms with Crippen LogP contribution in [-0.4, -0.2) is 11.2 Å². The fourth-order valence-electron chi connectivity index (χ4n) is 8.88. The fraction of sp³-hybridized carbons (Fsp3) is 1.00. The van der Waals surface area contributed by atoms with Crippen molar-refractivity contribution in [2.24, 2.45) is 46.3 Å². The van der Waals surface area contributed by atoms with E-state index in [0.29, 0.717) is 5.41 Å². The summed E-state index contributed by atoms with van der Waals surface area (Å²) in [6.45, 7) is 9.91. The highest BCUT2D eigenvalue weighted by Crippen LogP contribution is 2.68. The third-order valence-electron chi connectivity index (χ3n) is 10.2. The van der Waals surface area contributed by atoms with Crippen molar-refractivity contribution in [2.75, 3.05) is 0 Å². The predicted molar refractivity (Wildman–Crippen MR) is 105 cm³/mol. The molecule has 0 aliphatic heterocycles. The SMILES string of the molecule is CCC[C@@H](C)C1CCC2C3CCC4CCCCC4(C)C3C[C@H](O)C21C. The van der Waals surface area contributed by atoms with Crippen LogP contribution in [0.5, 0.6) is 0 Å². The molecule has 0 aromatic heterocycles. The van der Waals surface area contributed by atoms with E-state index in [2.05, 4.69) is 27.7 Å². The Labute approximate surface area is 156 Å². The molecule has 4 rings (SSSR count). The van der Waals surface area contributed by atoms with Crippen molar-refractivity contribution in [1.29, 1.82) is 0 Å². The summed E-state index contributed by atoms with van der Waals surface area (Å²) in [5.41, 5.74) is 0.740. The molecule has 4 aliphatic rings. The second-order valence-corrected chi connectivity index (χ2v) is 11.0. The summed E-state index contributed by atoms with van der Waals surface area (Å²) in [7, 11) is 0. The Kier molecular flexibility index (Phi) is 4.79. The number of aliphatic hydroxyl groups excluding tert-OH is 1. The highest BCUT2D eigenvalue weighted by atomic mass is 16.3. The smallest absolute Gasteiger partial charge is 0.0602 e. The van der Waals surface area contributed by atoms with Gasteiger partial charge in [-0.15, -0.1) is 0 Å². The average molecular weight is 347 g/mol. The molecule has 4 fully saturated rings. The zero-order chi connectivity index (χ0) is 17.8. The number of aliphatic hydroxyl groups is 1. The number of fused-ring (bicyclic) bond motifs is 5. The van der Waals surface area contributed by atoms with E-state index in [1.165, 1.54) is 64.2 Å². The molecule has 0 radical (unpaired) electrons. The summed E-state index contributed by atoms with van der Waals surface area (Å²) in [5, 5.41) is 11.5. The lowest BCUT2D eigenvalue weighted by Gasteiger charge is -2.62. The lowest BCUT2D eigenvalue weighted by Crippen LogP contribution is -2.58. The lowest BCUT2D eigenvalue weighted by atomic mass is 9.44. The zero-order valence-corrected chi connectivity index (χ0v) is 17.3. The molecule has 1 N–H and O–H groups in total. The molecule has 9 atom stereocenters. The molecular weight excluding hydrogens is 304 g/mol. The first-order valence-electron chi connectivity index (χ1n) is 11.6. The standard InChI is InChI=1S/C24H42O/c1-5-8-16(2)19-12-13-20-18-11-10-17-9-6-7-14-23(17,3)21(18)15-22(25)24(19,20)4/h16-22,25H,5-15H2,1-4H3/t16-,17?,18?,19?,20?,21?,22+,23?,24?/m1/s1. The van der Waals surface area contributed by atoms with Gasteiger partial charge in [0.25, 0.3) is 0 Å². The highest BCUT2D eigenvalue weighted by molar-refractivity contribution is 5.12. The van der Waals surface area contributed by atoms with Gasteiger partial charge in [0.2, 0.25) is 0 Å². The van der Waals surface area contributed by atoms with Gasteiger partial charge in [-0.05, 0) is 91.3 Å². The molecule has 0 saturated heterocycles. The highest BCUT2D eigenvalue weighted by Gasteiger charge is 2.63. The fourth-order valence-corrected chi connectivity index (χ4v) is 8.88. The van der Waals surface area contributed by atoms with E-state index in [0.717, 1.165) is 41.9 Å². The molecule has 0 aromatic rings. The first-order valence-corrected chi connectivity index (χ1v) is 11.6. The maximum Gasteiger partial charge on any atom is 0.0602 e. The molecule has 4 aliphatic carbocycles. The molecule has 0 spiro atoms. The molecule has 25 heavy (non-hydrogen) atoms. The molecule has 1 nitrogen and oxygen atoms in total. The van der Waals surface area contributed by atoms with Crippen LogP contribution in [0.3, 0.4) is 0 Å². The number of hydrogen-bond donors (Lipinski definition) is 1. The van der Waals surface area contributed by atoms with Crippen molar-refractivity contribution in [3.63, 3.8) is 0 Å². The van der Waals surface area contributed by atoms with Crippen molar-refractivity contribution in [3.05, 3.63) is 0 Å².